The molecular formula is C14H19N3O3. The van der Waals surface area contributed by atoms with E-state index in [0.717, 1.165) is 19.3 Å². The van der Waals surface area contributed by atoms with Crippen molar-refractivity contribution in [3.05, 3.63) is 34.4 Å². The standard InChI is InChI=1S/C14H19N3O3/c1-16(11-5-7-12(8-6-11)17(19)20)14(18)13-4-2-3-10(13)9-15/h5-8,10,13H,2-4,9,15H2,1H3. The molecule has 1 aliphatic carbocycles. The van der Waals surface area contributed by atoms with Crippen molar-refractivity contribution in [2.75, 3.05) is 18.5 Å². The summed E-state index contributed by atoms with van der Waals surface area (Å²) in [6, 6.07) is 6.02. The van der Waals surface area contributed by atoms with Gasteiger partial charge in [-0.05, 0) is 37.4 Å². The third-order valence-electron chi connectivity index (χ3n) is 4.06. The van der Waals surface area contributed by atoms with Crippen LogP contribution < -0.4 is 10.6 Å². The van der Waals surface area contributed by atoms with Gasteiger partial charge < -0.3 is 10.6 Å². The number of non-ortho nitro benzene ring substituents is 1. The van der Waals surface area contributed by atoms with Crippen molar-refractivity contribution >= 4 is 17.3 Å². The maximum Gasteiger partial charge on any atom is 0.269 e. The van der Waals surface area contributed by atoms with Gasteiger partial charge in [-0.2, -0.15) is 0 Å². The molecule has 0 spiro atoms. The fourth-order valence-corrected chi connectivity index (χ4v) is 2.82. The molecule has 1 fully saturated rings. The Morgan fingerprint density at radius 3 is 2.60 bits per heavy atom. The van der Waals surface area contributed by atoms with Crippen molar-refractivity contribution < 1.29 is 9.72 Å². The highest BCUT2D eigenvalue weighted by molar-refractivity contribution is 5.95. The first kappa shape index (κ1) is 14.5. The SMILES string of the molecule is CN(C(=O)C1CCCC1CN)c1ccc([N+](=O)[O-])cc1. The Morgan fingerprint density at radius 2 is 2.05 bits per heavy atom. The molecule has 2 N–H and O–H groups in total. The Hall–Kier alpha value is -1.95. The molecule has 2 rings (SSSR count). The Balaban J connectivity index is 2.12. The monoisotopic (exact) mass is 277 g/mol. The summed E-state index contributed by atoms with van der Waals surface area (Å²) in [6.07, 6.45) is 2.91. The van der Waals surface area contributed by atoms with Gasteiger partial charge in [-0.25, -0.2) is 0 Å². The molecule has 108 valence electrons. The summed E-state index contributed by atoms with van der Waals surface area (Å²) in [4.78, 5) is 24.2. The van der Waals surface area contributed by atoms with Crippen LogP contribution in [0.5, 0.6) is 0 Å². The molecule has 1 amide bonds. The van der Waals surface area contributed by atoms with E-state index in [1.54, 1.807) is 24.1 Å². The van der Waals surface area contributed by atoms with E-state index < -0.39 is 4.92 Å². The lowest BCUT2D eigenvalue weighted by molar-refractivity contribution is -0.384. The fourth-order valence-electron chi connectivity index (χ4n) is 2.82. The molecule has 0 bridgehead atoms. The molecule has 6 nitrogen and oxygen atoms in total. The van der Waals surface area contributed by atoms with Gasteiger partial charge in [-0.15, -0.1) is 0 Å². The minimum absolute atomic E-state index is 0.0234. The Bertz CT molecular complexity index is 501. The zero-order chi connectivity index (χ0) is 14.7. The molecule has 0 aliphatic heterocycles. The zero-order valence-electron chi connectivity index (χ0n) is 11.5. The van der Waals surface area contributed by atoms with Crippen LogP contribution in [0.15, 0.2) is 24.3 Å². The number of anilines is 1. The van der Waals surface area contributed by atoms with Gasteiger partial charge in [-0.3, -0.25) is 14.9 Å². The molecule has 2 atom stereocenters. The van der Waals surface area contributed by atoms with E-state index in [1.807, 2.05) is 0 Å². The fraction of sp³-hybridized carbons (Fsp3) is 0.500. The summed E-state index contributed by atoms with van der Waals surface area (Å²) in [5, 5.41) is 10.6. The molecular weight excluding hydrogens is 258 g/mol. The first-order valence-corrected chi connectivity index (χ1v) is 6.76. The number of nitrogens with zero attached hydrogens (tertiary/aromatic N) is 2. The summed E-state index contributed by atoms with van der Waals surface area (Å²) in [6.45, 7) is 0.532. The third-order valence-corrected chi connectivity index (χ3v) is 4.06. The van der Waals surface area contributed by atoms with Gasteiger partial charge in [0.2, 0.25) is 5.91 Å². The number of hydrogen-bond donors (Lipinski definition) is 1. The van der Waals surface area contributed by atoms with Crippen LogP contribution in [0.25, 0.3) is 0 Å². The highest BCUT2D eigenvalue weighted by Gasteiger charge is 2.34. The van der Waals surface area contributed by atoms with Gasteiger partial charge in [-0.1, -0.05) is 6.42 Å². The van der Waals surface area contributed by atoms with E-state index >= 15 is 0 Å². The van der Waals surface area contributed by atoms with Crippen LogP contribution in [0, 0.1) is 22.0 Å². The van der Waals surface area contributed by atoms with Gasteiger partial charge in [0.05, 0.1) is 4.92 Å². The summed E-state index contributed by atoms with van der Waals surface area (Å²) in [7, 11) is 1.70. The van der Waals surface area contributed by atoms with Crippen LogP contribution in [0.4, 0.5) is 11.4 Å². The Kier molecular flexibility index (Phi) is 4.34. The average molecular weight is 277 g/mol. The van der Waals surface area contributed by atoms with Crippen molar-refractivity contribution in [1.82, 2.24) is 0 Å². The molecule has 1 aromatic carbocycles. The second kappa shape index (κ2) is 6.00. The van der Waals surface area contributed by atoms with Crippen LogP contribution >= 0.6 is 0 Å². The lowest BCUT2D eigenvalue weighted by atomic mass is 9.94. The lowest BCUT2D eigenvalue weighted by Crippen LogP contribution is -2.36. The molecule has 0 heterocycles. The van der Waals surface area contributed by atoms with Crippen LogP contribution in [0.2, 0.25) is 0 Å². The van der Waals surface area contributed by atoms with Gasteiger partial charge in [0, 0.05) is 30.8 Å². The summed E-state index contributed by atoms with van der Waals surface area (Å²) >= 11 is 0. The number of nitro benzene ring substituents is 1. The van der Waals surface area contributed by atoms with E-state index in [0.29, 0.717) is 12.2 Å². The molecule has 2 unspecified atom stereocenters. The molecule has 1 aliphatic rings. The average Bonchev–Trinajstić information content (AvgIpc) is 2.94. The summed E-state index contributed by atoms with van der Waals surface area (Å²) < 4.78 is 0. The second-order valence-corrected chi connectivity index (χ2v) is 5.20. The molecule has 1 saturated carbocycles. The largest absolute Gasteiger partial charge is 0.330 e. The second-order valence-electron chi connectivity index (χ2n) is 5.20. The molecule has 6 heteroatoms. The van der Waals surface area contributed by atoms with Crippen molar-refractivity contribution in [3.8, 4) is 0 Å². The summed E-state index contributed by atoms with van der Waals surface area (Å²) in [5.74, 6) is 0.273. The number of rotatable bonds is 4. The maximum absolute atomic E-state index is 12.5. The third kappa shape index (κ3) is 2.80. The van der Waals surface area contributed by atoms with Gasteiger partial charge in [0.15, 0.2) is 0 Å². The number of amides is 1. The lowest BCUT2D eigenvalue weighted by Gasteiger charge is -2.24. The van der Waals surface area contributed by atoms with Crippen LogP contribution in [0.3, 0.4) is 0 Å². The van der Waals surface area contributed by atoms with Crippen LogP contribution in [-0.2, 0) is 4.79 Å². The van der Waals surface area contributed by atoms with Crippen molar-refractivity contribution in [2.45, 2.75) is 19.3 Å². The van der Waals surface area contributed by atoms with E-state index in [1.165, 1.54) is 12.1 Å². The maximum atomic E-state index is 12.5. The van der Waals surface area contributed by atoms with Gasteiger partial charge in [0.25, 0.3) is 5.69 Å². The smallest absolute Gasteiger partial charge is 0.269 e. The van der Waals surface area contributed by atoms with Crippen LogP contribution in [0.1, 0.15) is 19.3 Å². The Labute approximate surface area is 117 Å². The summed E-state index contributed by atoms with van der Waals surface area (Å²) in [5.41, 5.74) is 6.40. The van der Waals surface area contributed by atoms with Crippen molar-refractivity contribution in [3.63, 3.8) is 0 Å². The van der Waals surface area contributed by atoms with Crippen molar-refractivity contribution in [2.24, 2.45) is 17.6 Å². The molecule has 0 radical (unpaired) electrons. The van der Waals surface area contributed by atoms with E-state index in [4.69, 9.17) is 5.73 Å². The predicted octanol–water partition coefficient (Wildman–Crippen LogP) is 1.93. The minimum Gasteiger partial charge on any atom is -0.330 e. The normalized spacial score (nSPS) is 21.7. The zero-order valence-corrected chi connectivity index (χ0v) is 11.5. The number of carbonyl (C=O) groups is 1. The number of nitrogens with two attached hydrogens (primary N) is 1. The first-order valence-electron chi connectivity index (χ1n) is 6.76. The molecule has 0 saturated heterocycles. The van der Waals surface area contributed by atoms with E-state index in [2.05, 4.69) is 0 Å². The quantitative estimate of drug-likeness (QED) is 0.672. The van der Waals surface area contributed by atoms with Gasteiger partial charge >= 0.3 is 0 Å². The highest BCUT2D eigenvalue weighted by atomic mass is 16.6. The predicted molar refractivity (Wildman–Crippen MR) is 76.4 cm³/mol. The highest BCUT2D eigenvalue weighted by Crippen LogP contribution is 2.33. The molecule has 0 aromatic heterocycles. The van der Waals surface area contributed by atoms with Crippen LogP contribution in [-0.4, -0.2) is 24.4 Å². The minimum atomic E-state index is -0.451. The van der Waals surface area contributed by atoms with E-state index in [-0.39, 0.29) is 23.4 Å². The van der Waals surface area contributed by atoms with E-state index in [9.17, 15) is 14.9 Å². The first-order chi connectivity index (χ1) is 9.54. The molecule has 1 aromatic rings. The number of benzene rings is 1. The van der Waals surface area contributed by atoms with Crippen molar-refractivity contribution in [1.29, 1.82) is 0 Å². The Morgan fingerprint density at radius 1 is 1.40 bits per heavy atom. The number of carbonyl (C=O) groups excluding carboxylic acids is 1. The molecule has 20 heavy (non-hydrogen) atoms. The van der Waals surface area contributed by atoms with Gasteiger partial charge in [0.1, 0.15) is 0 Å². The number of hydrogen-bond acceptors (Lipinski definition) is 4. The topological polar surface area (TPSA) is 89.5 Å². The number of nitro groups is 1.